The molecule has 2 rings (SSSR count). The summed E-state index contributed by atoms with van der Waals surface area (Å²) in [4.78, 5) is 7.88. The summed E-state index contributed by atoms with van der Waals surface area (Å²) in [6, 6.07) is 7.91. The molecule has 2 aromatic rings. The maximum Gasteiger partial charge on any atom is 0.150 e. The number of anilines is 2. The molecule has 0 aliphatic rings. The number of ether oxygens (including phenoxy) is 1. The van der Waals surface area contributed by atoms with Crippen LogP contribution in [0.15, 0.2) is 30.6 Å². The topological polar surface area (TPSA) is 73.1 Å². The van der Waals surface area contributed by atoms with Crippen molar-refractivity contribution in [2.45, 2.75) is 20.4 Å². The van der Waals surface area contributed by atoms with Crippen molar-refractivity contribution in [3.63, 3.8) is 0 Å². The van der Waals surface area contributed by atoms with Crippen LogP contribution in [0, 0.1) is 5.92 Å². The van der Waals surface area contributed by atoms with Crippen LogP contribution in [0.25, 0.3) is 0 Å². The van der Waals surface area contributed by atoms with E-state index in [4.69, 9.17) is 22.1 Å². The highest BCUT2D eigenvalue weighted by molar-refractivity contribution is 6.35. The molecule has 1 heterocycles. The molecule has 1 aromatic heterocycles. The Balaban J connectivity index is 1.93. The minimum Gasteiger partial charge on any atom is -0.493 e. The monoisotopic (exact) mass is 306 g/mol. The number of hydrogen-bond acceptors (Lipinski definition) is 5. The summed E-state index contributed by atoms with van der Waals surface area (Å²) >= 11 is 6.02. The van der Waals surface area contributed by atoms with Gasteiger partial charge in [0, 0.05) is 6.54 Å². The standard InChI is InChI=1S/C15H19ClN4O/c1-10(2)8-21-12-5-3-11(4-6-12)7-18-15-13(16)14(17)19-9-20-15/h3-6,9-10H,7-8H2,1-2H3,(H3,17,18,19,20). The zero-order valence-corrected chi connectivity index (χ0v) is 12.9. The molecule has 0 saturated carbocycles. The number of aromatic nitrogens is 2. The average molecular weight is 307 g/mol. The van der Waals surface area contributed by atoms with Gasteiger partial charge in [-0.15, -0.1) is 0 Å². The Hall–Kier alpha value is -2.01. The Morgan fingerprint density at radius 3 is 2.62 bits per heavy atom. The van der Waals surface area contributed by atoms with Gasteiger partial charge in [-0.1, -0.05) is 37.6 Å². The summed E-state index contributed by atoms with van der Waals surface area (Å²) in [6.45, 7) is 5.55. The second-order valence-corrected chi connectivity index (χ2v) is 5.50. The van der Waals surface area contributed by atoms with Crippen molar-refractivity contribution < 1.29 is 4.74 Å². The summed E-state index contributed by atoms with van der Waals surface area (Å²) in [5.41, 5.74) is 6.72. The van der Waals surface area contributed by atoms with Crippen molar-refractivity contribution in [3.05, 3.63) is 41.2 Å². The summed E-state index contributed by atoms with van der Waals surface area (Å²) in [5, 5.41) is 3.48. The fraction of sp³-hybridized carbons (Fsp3) is 0.333. The average Bonchev–Trinajstić information content (AvgIpc) is 2.48. The number of nitrogens with zero attached hydrogens (tertiary/aromatic N) is 2. The van der Waals surface area contributed by atoms with Gasteiger partial charge in [-0.25, -0.2) is 9.97 Å². The van der Waals surface area contributed by atoms with E-state index in [2.05, 4.69) is 29.1 Å². The largest absolute Gasteiger partial charge is 0.493 e. The Morgan fingerprint density at radius 2 is 1.95 bits per heavy atom. The second kappa shape index (κ2) is 7.13. The van der Waals surface area contributed by atoms with Crippen molar-refractivity contribution in [3.8, 4) is 5.75 Å². The normalized spacial score (nSPS) is 10.7. The number of halogens is 1. The molecule has 0 atom stereocenters. The van der Waals surface area contributed by atoms with Gasteiger partial charge in [-0.3, -0.25) is 0 Å². The molecule has 0 aliphatic heterocycles. The lowest BCUT2D eigenvalue weighted by atomic mass is 10.2. The second-order valence-electron chi connectivity index (χ2n) is 5.12. The highest BCUT2D eigenvalue weighted by Crippen LogP contribution is 2.23. The first-order valence-corrected chi connectivity index (χ1v) is 7.15. The third-order valence-electron chi connectivity index (χ3n) is 2.78. The molecule has 6 heteroatoms. The smallest absolute Gasteiger partial charge is 0.150 e. The zero-order chi connectivity index (χ0) is 15.2. The van der Waals surface area contributed by atoms with E-state index >= 15 is 0 Å². The van der Waals surface area contributed by atoms with E-state index in [1.54, 1.807) is 0 Å². The maximum atomic E-state index is 6.02. The van der Waals surface area contributed by atoms with Gasteiger partial charge in [0.15, 0.2) is 5.82 Å². The Kier molecular flexibility index (Phi) is 5.22. The Bertz CT molecular complexity index is 587. The van der Waals surface area contributed by atoms with Crippen molar-refractivity contribution in [2.75, 3.05) is 17.7 Å². The van der Waals surface area contributed by atoms with E-state index in [0.717, 1.165) is 11.3 Å². The number of nitrogens with one attached hydrogen (secondary N) is 1. The molecule has 0 fully saturated rings. The number of hydrogen-bond donors (Lipinski definition) is 2. The van der Waals surface area contributed by atoms with Gasteiger partial charge in [-0.05, 0) is 23.6 Å². The summed E-state index contributed by atoms with van der Waals surface area (Å²) in [6.07, 6.45) is 1.38. The van der Waals surface area contributed by atoms with E-state index < -0.39 is 0 Å². The Labute approximate surface area is 129 Å². The minimum absolute atomic E-state index is 0.270. The molecule has 0 amide bonds. The molecule has 1 aromatic carbocycles. The predicted molar refractivity (Wildman–Crippen MR) is 85.6 cm³/mol. The third-order valence-corrected chi connectivity index (χ3v) is 3.16. The molecule has 0 spiro atoms. The molecule has 0 saturated heterocycles. The molecular weight excluding hydrogens is 288 g/mol. The molecule has 5 nitrogen and oxygen atoms in total. The van der Waals surface area contributed by atoms with Crippen LogP contribution in [-0.4, -0.2) is 16.6 Å². The first kappa shape index (κ1) is 15.4. The fourth-order valence-corrected chi connectivity index (χ4v) is 1.82. The van der Waals surface area contributed by atoms with Gasteiger partial charge in [0.1, 0.15) is 22.9 Å². The molecule has 21 heavy (non-hydrogen) atoms. The predicted octanol–water partition coefficient (Wildman–Crippen LogP) is 3.36. The molecule has 112 valence electrons. The minimum atomic E-state index is 0.270. The van der Waals surface area contributed by atoms with Crippen LogP contribution < -0.4 is 15.8 Å². The van der Waals surface area contributed by atoms with Crippen LogP contribution >= 0.6 is 11.6 Å². The van der Waals surface area contributed by atoms with Crippen LogP contribution in [0.1, 0.15) is 19.4 Å². The fourth-order valence-electron chi connectivity index (χ4n) is 1.66. The lowest BCUT2D eigenvalue weighted by Gasteiger charge is -2.10. The van der Waals surface area contributed by atoms with Crippen LogP contribution in [0.2, 0.25) is 5.02 Å². The van der Waals surface area contributed by atoms with E-state index in [0.29, 0.717) is 29.9 Å². The van der Waals surface area contributed by atoms with Gasteiger partial charge < -0.3 is 15.8 Å². The molecule has 0 bridgehead atoms. The van der Waals surface area contributed by atoms with E-state index in [9.17, 15) is 0 Å². The van der Waals surface area contributed by atoms with Crippen LogP contribution in [0.3, 0.4) is 0 Å². The number of benzene rings is 1. The van der Waals surface area contributed by atoms with E-state index in [1.165, 1.54) is 6.33 Å². The molecule has 0 radical (unpaired) electrons. The highest BCUT2D eigenvalue weighted by atomic mass is 35.5. The SMILES string of the molecule is CC(C)COc1ccc(CNc2ncnc(N)c2Cl)cc1. The quantitative estimate of drug-likeness (QED) is 0.856. The lowest BCUT2D eigenvalue weighted by molar-refractivity contribution is 0.271. The summed E-state index contributed by atoms with van der Waals surface area (Å²) < 4.78 is 5.64. The Morgan fingerprint density at radius 1 is 1.24 bits per heavy atom. The van der Waals surface area contributed by atoms with Crippen molar-refractivity contribution >= 4 is 23.2 Å². The van der Waals surface area contributed by atoms with Crippen molar-refractivity contribution in [1.82, 2.24) is 9.97 Å². The first-order valence-electron chi connectivity index (χ1n) is 6.78. The van der Waals surface area contributed by atoms with Crippen LogP contribution in [-0.2, 0) is 6.54 Å². The molecule has 0 aliphatic carbocycles. The summed E-state index contributed by atoms with van der Waals surface area (Å²) in [7, 11) is 0. The number of rotatable bonds is 6. The lowest BCUT2D eigenvalue weighted by Crippen LogP contribution is -2.05. The maximum absolute atomic E-state index is 6.02. The number of nitrogen functional groups attached to an aromatic ring is 1. The first-order chi connectivity index (χ1) is 10.1. The number of nitrogens with two attached hydrogens (primary N) is 1. The van der Waals surface area contributed by atoms with E-state index in [1.807, 2.05) is 24.3 Å². The van der Waals surface area contributed by atoms with Crippen LogP contribution in [0.5, 0.6) is 5.75 Å². The highest BCUT2D eigenvalue weighted by Gasteiger charge is 2.06. The molecular formula is C15H19ClN4O. The van der Waals surface area contributed by atoms with Gasteiger partial charge in [-0.2, -0.15) is 0 Å². The van der Waals surface area contributed by atoms with Crippen LogP contribution in [0.4, 0.5) is 11.6 Å². The van der Waals surface area contributed by atoms with Gasteiger partial charge >= 0.3 is 0 Å². The zero-order valence-electron chi connectivity index (χ0n) is 12.1. The van der Waals surface area contributed by atoms with Gasteiger partial charge in [0.05, 0.1) is 6.61 Å². The third kappa shape index (κ3) is 4.49. The summed E-state index contributed by atoms with van der Waals surface area (Å²) in [5.74, 6) is 2.18. The van der Waals surface area contributed by atoms with Gasteiger partial charge in [0.2, 0.25) is 0 Å². The van der Waals surface area contributed by atoms with Gasteiger partial charge in [0.25, 0.3) is 0 Å². The van der Waals surface area contributed by atoms with Crippen molar-refractivity contribution in [1.29, 1.82) is 0 Å². The molecule has 3 N–H and O–H groups in total. The van der Waals surface area contributed by atoms with Crippen molar-refractivity contribution in [2.24, 2.45) is 5.92 Å². The molecule has 0 unspecified atom stereocenters. The van der Waals surface area contributed by atoms with E-state index in [-0.39, 0.29) is 5.82 Å².